The molecule has 0 spiro atoms. The highest BCUT2D eigenvalue weighted by Gasteiger charge is 2.27. The number of ether oxygens (including phenoxy) is 1. The Morgan fingerprint density at radius 1 is 0.933 bits per heavy atom. The third kappa shape index (κ3) is 8.21. The van der Waals surface area contributed by atoms with Crippen molar-refractivity contribution >= 4 is 15.9 Å². The Morgan fingerprint density at radius 3 is 2.31 bits per heavy atom. The Bertz CT molecular complexity index is 1770. The number of amides is 1. The van der Waals surface area contributed by atoms with Gasteiger partial charge in [-0.2, -0.15) is 0 Å². The summed E-state index contributed by atoms with van der Waals surface area (Å²) in [6, 6.07) is 14.3. The quantitative estimate of drug-likeness (QED) is 0.165. The van der Waals surface area contributed by atoms with Crippen LogP contribution >= 0.6 is 0 Å². The number of rotatable bonds is 15. The maximum atomic E-state index is 14.2. The van der Waals surface area contributed by atoms with Crippen molar-refractivity contribution in [1.82, 2.24) is 24.2 Å². The Hall–Kier alpha value is -4.38. The zero-order chi connectivity index (χ0) is 32.4. The molecule has 1 amide bonds. The van der Waals surface area contributed by atoms with Crippen LogP contribution in [0, 0.1) is 6.92 Å². The summed E-state index contributed by atoms with van der Waals surface area (Å²) in [6.07, 6.45) is 7.63. The fourth-order valence-corrected chi connectivity index (χ4v) is 6.68. The number of nitrogens with zero attached hydrogens (tertiary/aromatic N) is 4. The second-order valence-corrected chi connectivity index (χ2v) is 12.4. The van der Waals surface area contributed by atoms with Gasteiger partial charge in [0.2, 0.25) is 11.9 Å². The Labute approximate surface area is 265 Å². The molecular weight excluding hydrogens is 590 g/mol. The van der Waals surface area contributed by atoms with Gasteiger partial charge in [-0.05, 0) is 44.2 Å². The summed E-state index contributed by atoms with van der Waals surface area (Å²) in [5.41, 5.74) is 2.06. The zero-order valence-electron chi connectivity index (χ0n) is 26.4. The van der Waals surface area contributed by atoms with Crippen LogP contribution in [-0.4, -0.2) is 40.5 Å². The summed E-state index contributed by atoms with van der Waals surface area (Å²) in [7, 11) is -4.32. The summed E-state index contributed by atoms with van der Waals surface area (Å²) in [5.74, 6) is 0.475. The van der Waals surface area contributed by atoms with Gasteiger partial charge < -0.3 is 4.74 Å². The number of sulfonamides is 1. The summed E-state index contributed by atoms with van der Waals surface area (Å²) >= 11 is 0. The van der Waals surface area contributed by atoms with E-state index in [-0.39, 0.29) is 29.2 Å². The van der Waals surface area contributed by atoms with Gasteiger partial charge >= 0.3 is 0 Å². The van der Waals surface area contributed by atoms with Crippen molar-refractivity contribution in [3.8, 4) is 22.8 Å². The molecule has 2 aromatic heterocycles. The molecule has 0 unspecified atom stereocenters. The van der Waals surface area contributed by atoms with Crippen LogP contribution in [0.3, 0.4) is 0 Å². The molecule has 4 rings (SSSR count). The van der Waals surface area contributed by atoms with Crippen LogP contribution in [0.4, 0.5) is 0 Å². The van der Waals surface area contributed by atoms with E-state index in [1.807, 2.05) is 44.2 Å². The molecule has 11 heteroatoms. The van der Waals surface area contributed by atoms with E-state index in [0.717, 1.165) is 25.7 Å². The first kappa shape index (κ1) is 33.5. The van der Waals surface area contributed by atoms with Gasteiger partial charge in [0.25, 0.3) is 15.6 Å². The van der Waals surface area contributed by atoms with Crippen molar-refractivity contribution in [2.45, 2.75) is 84.0 Å². The van der Waals surface area contributed by atoms with Gasteiger partial charge in [0.05, 0.1) is 29.6 Å². The molecule has 238 valence electrons. The fraction of sp³-hybridized carbons (Fsp3) is 0.382. The van der Waals surface area contributed by atoms with Crippen LogP contribution in [0.1, 0.15) is 81.9 Å². The summed E-state index contributed by atoms with van der Waals surface area (Å²) in [6.45, 7) is 8.10. The number of benzene rings is 2. The largest absolute Gasteiger partial charge is 0.491 e. The number of aryl methyl sites for hydroxylation is 2. The lowest BCUT2D eigenvalue weighted by atomic mass is 9.97. The van der Waals surface area contributed by atoms with Crippen LogP contribution in [0.15, 0.2) is 70.6 Å². The Kier molecular flexibility index (Phi) is 11.6. The number of unbranched alkanes of at least 4 members (excludes halogenated alkanes) is 3. The van der Waals surface area contributed by atoms with E-state index < -0.39 is 15.9 Å². The number of nitrogens with one attached hydrogen (secondary N) is 1. The average molecular weight is 632 g/mol. The van der Waals surface area contributed by atoms with E-state index in [1.54, 1.807) is 25.1 Å². The van der Waals surface area contributed by atoms with Crippen LogP contribution < -0.4 is 15.0 Å². The molecule has 0 bridgehead atoms. The lowest BCUT2D eigenvalue weighted by molar-refractivity contribution is -0.119. The fourth-order valence-electron chi connectivity index (χ4n) is 5.21. The molecule has 4 aromatic rings. The maximum absolute atomic E-state index is 14.2. The average Bonchev–Trinajstić information content (AvgIpc) is 3.02. The summed E-state index contributed by atoms with van der Waals surface area (Å²) in [5, 5.41) is 0. The molecular formula is C34H41N5O5S. The third-order valence-electron chi connectivity index (χ3n) is 7.40. The van der Waals surface area contributed by atoms with Gasteiger partial charge in [0.1, 0.15) is 5.82 Å². The standard InChI is InChI=1S/C34H41N5O5S/c1-5-8-11-20-31(40)38-45(42,43)32-26(17-14-18-28(32)25-15-12-10-13-16-25)21-29-30(19-9-6-2)37-24(4)39(33(29)41)34-35-22-27(23-36-34)44-7-3/h10,12-18,22-23H,5-9,11,19-21H2,1-4H3,(H,38,40). The minimum atomic E-state index is -4.32. The number of aromatic nitrogens is 4. The number of carbonyl (C=O) groups is 1. The van der Waals surface area contributed by atoms with Crippen LogP contribution in [0.25, 0.3) is 17.1 Å². The topological polar surface area (TPSA) is 133 Å². The first-order valence-electron chi connectivity index (χ1n) is 15.5. The molecule has 0 radical (unpaired) electrons. The maximum Gasteiger partial charge on any atom is 0.264 e. The van der Waals surface area contributed by atoms with Gasteiger partial charge in [-0.1, -0.05) is 81.6 Å². The van der Waals surface area contributed by atoms with E-state index in [4.69, 9.17) is 9.72 Å². The highest BCUT2D eigenvalue weighted by molar-refractivity contribution is 7.90. The second kappa shape index (κ2) is 15.6. The molecule has 2 aromatic carbocycles. The number of carbonyl (C=O) groups excluding carboxylic acids is 1. The van der Waals surface area contributed by atoms with Gasteiger partial charge in [-0.3, -0.25) is 9.59 Å². The van der Waals surface area contributed by atoms with E-state index in [0.29, 0.717) is 59.0 Å². The highest BCUT2D eigenvalue weighted by atomic mass is 32.2. The van der Waals surface area contributed by atoms with E-state index in [9.17, 15) is 18.0 Å². The second-order valence-electron chi connectivity index (χ2n) is 10.8. The summed E-state index contributed by atoms with van der Waals surface area (Å²) < 4.78 is 37.1. The lowest BCUT2D eigenvalue weighted by Gasteiger charge is -2.18. The molecule has 0 aliphatic carbocycles. The monoisotopic (exact) mass is 631 g/mol. The minimum absolute atomic E-state index is 0.0247. The first-order chi connectivity index (χ1) is 21.7. The van der Waals surface area contributed by atoms with Crippen LogP contribution in [-0.2, 0) is 27.7 Å². The molecule has 0 saturated carbocycles. The zero-order valence-corrected chi connectivity index (χ0v) is 27.2. The van der Waals surface area contributed by atoms with Crippen molar-refractivity contribution in [2.75, 3.05) is 6.61 Å². The molecule has 10 nitrogen and oxygen atoms in total. The predicted octanol–water partition coefficient (Wildman–Crippen LogP) is 5.72. The predicted molar refractivity (Wildman–Crippen MR) is 174 cm³/mol. The molecule has 0 saturated heterocycles. The van der Waals surface area contributed by atoms with Crippen molar-refractivity contribution in [1.29, 1.82) is 0 Å². The number of hydrogen-bond acceptors (Lipinski definition) is 8. The third-order valence-corrected chi connectivity index (χ3v) is 8.91. The molecule has 0 aliphatic heterocycles. The van der Waals surface area contributed by atoms with E-state index in [2.05, 4.69) is 21.6 Å². The van der Waals surface area contributed by atoms with Crippen LogP contribution in [0.5, 0.6) is 5.75 Å². The van der Waals surface area contributed by atoms with Gasteiger partial charge in [0, 0.05) is 24.0 Å². The summed E-state index contributed by atoms with van der Waals surface area (Å²) in [4.78, 5) is 40.5. The van der Waals surface area contributed by atoms with Crippen molar-refractivity contribution in [3.63, 3.8) is 0 Å². The molecule has 0 atom stereocenters. The van der Waals surface area contributed by atoms with E-state index >= 15 is 0 Å². The highest BCUT2D eigenvalue weighted by Crippen LogP contribution is 2.32. The molecule has 1 N–H and O–H groups in total. The Balaban J connectivity index is 1.88. The Morgan fingerprint density at radius 2 is 1.64 bits per heavy atom. The van der Waals surface area contributed by atoms with Crippen molar-refractivity contribution in [3.05, 3.63) is 93.9 Å². The minimum Gasteiger partial charge on any atom is -0.491 e. The molecule has 45 heavy (non-hydrogen) atoms. The normalized spacial score (nSPS) is 11.4. The lowest BCUT2D eigenvalue weighted by Crippen LogP contribution is -2.32. The van der Waals surface area contributed by atoms with Crippen LogP contribution in [0.2, 0.25) is 0 Å². The van der Waals surface area contributed by atoms with E-state index in [1.165, 1.54) is 17.0 Å². The molecule has 2 heterocycles. The number of hydrogen-bond donors (Lipinski definition) is 1. The molecule has 0 fully saturated rings. The van der Waals surface area contributed by atoms with Crippen molar-refractivity contribution in [2.24, 2.45) is 0 Å². The smallest absolute Gasteiger partial charge is 0.264 e. The van der Waals surface area contributed by atoms with Gasteiger partial charge in [-0.15, -0.1) is 0 Å². The molecule has 0 aliphatic rings. The van der Waals surface area contributed by atoms with Gasteiger partial charge in [0.15, 0.2) is 5.75 Å². The SMILES string of the molecule is CCCCCC(=O)NS(=O)(=O)c1c(Cc2c(CCCC)nc(C)n(-c3ncc(OCC)cn3)c2=O)cccc1-c1ccccc1. The van der Waals surface area contributed by atoms with Crippen molar-refractivity contribution < 1.29 is 17.9 Å². The van der Waals surface area contributed by atoms with Gasteiger partial charge in [-0.25, -0.2) is 32.7 Å². The first-order valence-corrected chi connectivity index (χ1v) is 17.0.